The van der Waals surface area contributed by atoms with E-state index in [0.717, 1.165) is 18.8 Å². The van der Waals surface area contributed by atoms with E-state index in [1.807, 2.05) is 0 Å². The Hall–Kier alpha value is -2.31. The van der Waals surface area contributed by atoms with Crippen molar-refractivity contribution in [2.75, 3.05) is 43.1 Å². The molecule has 0 bridgehead atoms. The molecule has 7 heteroatoms. The lowest BCUT2D eigenvalue weighted by atomic mass is 10.2. The van der Waals surface area contributed by atoms with E-state index in [1.165, 1.54) is 6.07 Å². The van der Waals surface area contributed by atoms with E-state index in [4.69, 9.17) is 21.1 Å². The van der Waals surface area contributed by atoms with Crippen LogP contribution < -0.4 is 15.0 Å². The van der Waals surface area contributed by atoms with Crippen molar-refractivity contribution >= 4 is 28.9 Å². The van der Waals surface area contributed by atoms with Crippen LogP contribution in [-0.2, 0) is 9.53 Å². The smallest absolute Gasteiger partial charge is 0.262 e. The third-order valence-corrected chi connectivity index (χ3v) is 4.04. The minimum Gasteiger partial charge on any atom is -0.484 e. The lowest BCUT2D eigenvalue weighted by molar-refractivity contribution is -0.118. The molecule has 2 aromatic rings. The Morgan fingerprint density at radius 2 is 1.92 bits per heavy atom. The number of carbonyl (C=O) groups excluding carboxylic acids is 1. The van der Waals surface area contributed by atoms with E-state index in [1.54, 1.807) is 36.4 Å². The van der Waals surface area contributed by atoms with Gasteiger partial charge < -0.3 is 19.7 Å². The van der Waals surface area contributed by atoms with Gasteiger partial charge in [0.25, 0.3) is 5.91 Å². The zero-order valence-corrected chi connectivity index (χ0v) is 14.3. The second-order valence-electron chi connectivity index (χ2n) is 5.55. The van der Waals surface area contributed by atoms with Gasteiger partial charge in [-0.2, -0.15) is 0 Å². The van der Waals surface area contributed by atoms with Crippen LogP contribution in [0.25, 0.3) is 0 Å². The van der Waals surface area contributed by atoms with Crippen LogP contribution >= 0.6 is 11.6 Å². The fourth-order valence-corrected chi connectivity index (χ4v) is 2.62. The first-order chi connectivity index (χ1) is 12.1. The van der Waals surface area contributed by atoms with Crippen molar-refractivity contribution in [1.29, 1.82) is 0 Å². The monoisotopic (exact) mass is 364 g/mol. The van der Waals surface area contributed by atoms with Gasteiger partial charge in [0.15, 0.2) is 6.61 Å². The van der Waals surface area contributed by atoms with Crippen molar-refractivity contribution < 1.29 is 18.7 Å². The van der Waals surface area contributed by atoms with Gasteiger partial charge in [0.1, 0.15) is 11.6 Å². The largest absolute Gasteiger partial charge is 0.484 e. The molecular weight excluding hydrogens is 347 g/mol. The van der Waals surface area contributed by atoms with E-state index in [2.05, 4.69) is 10.2 Å². The van der Waals surface area contributed by atoms with Crippen molar-refractivity contribution in [3.8, 4) is 5.75 Å². The molecule has 3 rings (SSSR count). The molecule has 5 nitrogen and oxygen atoms in total. The number of amides is 1. The number of hydrogen-bond acceptors (Lipinski definition) is 4. The minimum absolute atomic E-state index is 0.133. The van der Waals surface area contributed by atoms with Gasteiger partial charge in [-0.05, 0) is 42.5 Å². The molecule has 0 aromatic heterocycles. The molecule has 0 spiro atoms. The summed E-state index contributed by atoms with van der Waals surface area (Å²) in [5.41, 5.74) is 0.979. The standard InChI is InChI=1S/C18H18ClFN2O3/c19-13-1-4-15(5-2-13)25-12-18(23)21-17-11-14(3-6-16(17)20)22-7-9-24-10-8-22/h1-6,11H,7-10,12H2,(H,21,23). The third kappa shape index (κ3) is 4.84. The average Bonchev–Trinajstić information content (AvgIpc) is 2.64. The summed E-state index contributed by atoms with van der Waals surface area (Å²) >= 11 is 5.79. The number of hydrogen-bond donors (Lipinski definition) is 1. The van der Waals surface area contributed by atoms with Crippen molar-refractivity contribution in [3.05, 3.63) is 53.3 Å². The zero-order valence-electron chi connectivity index (χ0n) is 13.5. The maximum absolute atomic E-state index is 14.0. The van der Waals surface area contributed by atoms with Crippen LogP contribution in [0.1, 0.15) is 0 Å². The topological polar surface area (TPSA) is 50.8 Å². The quantitative estimate of drug-likeness (QED) is 0.884. The molecule has 1 N–H and O–H groups in total. The highest BCUT2D eigenvalue weighted by atomic mass is 35.5. The van der Waals surface area contributed by atoms with Crippen molar-refractivity contribution in [3.63, 3.8) is 0 Å². The molecule has 0 aliphatic carbocycles. The van der Waals surface area contributed by atoms with Crippen LogP contribution in [-0.4, -0.2) is 38.8 Å². The molecule has 2 aromatic carbocycles. The van der Waals surface area contributed by atoms with Gasteiger partial charge in [0.05, 0.1) is 18.9 Å². The Morgan fingerprint density at radius 3 is 2.64 bits per heavy atom. The Bertz CT molecular complexity index is 734. The summed E-state index contributed by atoms with van der Waals surface area (Å²) in [4.78, 5) is 14.1. The summed E-state index contributed by atoms with van der Waals surface area (Å²) in [6, 6.07) is 11.3. The summed E-state index contributed by atoms with van der Waals surface area (Å²) in [7, 11) is 0. The number of nitrogens with zero attached hydrogens (tertiary/aromatic N) is 1. The first kappa shape index (κ1) is 17.5. The molecule has 25 heavy (non-hydrogen) atoms. The van der Waals surface area contributed by atoms with Crippen molar-refractivity contribution in [2.24, 2.45) is 0 Å². The van der Waals surface area contributed by atoms with Gasteiger partial charge in [-0.3, -0.25) is 4.79 Å². The number of halogens is 2. The number of rotatable bonds is 5. The summed E-state index contributed by atoms with van der Waals surface area (Å²) in [5.74, 6) is -0.410. The summed E-state index contributed by atoms with van der Waals surface area (Å²) in [6.07, 6.45) is 0. The zero-order chi connectivity index (χ0) is 17.6. The van der Waals surface area contributed by atoms with E-state index >= 15 is 0 Å². The lowest BCUT2D eigenvalue weighted by Crippen LogP contribution is -2.36. The lowest BCUT2D eigenvalue weighted by Gasteiger charge is -2.29. The number of nitrogens with one attached hydrogen (secondary N) is 1. The maximum atomic E-state index is 14.0. The second-order valence-corrected chi connectivity index (χ2v) is 5.99. The fraction of sp³-hybridized carbons (Fsp3) is 0.278. The van der Waals surface area contributed by atoms with E-state index in [0.29, 0.717) is 24.0 Å². The highest BCUT2D eigenvalue weighted by molar-refractivity contribution is 6.30. The first-order valence-corrected chi connectivity index (χ1v) is 8.30. The normalized spacial score (nSPS) is 14.2. The molecule has 0 radical (unpaired) electrons. The van der Waals surface area contributed by atoms with Crippen LogP contribution in [0.5, 0.6) is 5.75 Å². The van der Waals surface area contributed by atoms with Gasteiger partial charge in [-0.1, -0.05) is 11.6 Å². The fourth-order valence-electron chi connectivity index (χ4n) is 2.49. The maximum Gasteiger partial charge on any atom is 0.262 e. The van der Waals surface area contributed by atoms with Gasteiger partial charge in [-0.15, -0.1) is 0 Å². The number of anilines is 2. The molecule has 1 saturated heterocycles. The van der Waals surface area contributed by atoms with Gasteiger partial charge in [-0.25, -0.2) is 4.39 Å². The predicted octanol–water partition coefficient (Wildman–Crippen LogP) is 3.33. The Kier molecular flexibility index (Phi) is 5.73. The highest BCUT2D eigenvalue weighted by Gasteiger charge is 2.14. The summed E-state index contributed by atoms with van der Waals surface area (Å²) in [6.45, 7) is 2.52. The SMILES string of the molecule is O=C(COc1ccc(Cl)cc1)Nc1cc(N2CCOCC2)ccc1F. The Morgan fingerprint density at radius 1 is 1.20 bits per heavy atom. The Labute approximate surface area is 150 Å². The molecule has 1 aliphatic heterocycles. The molecule has 0 unspecified atom stereocenters. The van der Waals surface area contributed by atoms with E-state index in [-0.39, 0.29) is 12.3 Å². The van der Waals surface area contributed by atoms with Crippen molar-refractivity contribution in [1.82, 2.24) is 0 Å². The van der Waals surface area contributed by atoms with Gasteiger partial charge in [0.2, 0.25) is 0 Å². The highest BCUT2D eigenvalue weighted by Crippen LogP contribution is 2.23. The van der Waals surface area contributed by atoms with Crippen LogP contribution in [0, 0.1) is 5.82 Å². The summed E-state index contributed by atoms with van der Waals surface area (Å²) < 4.78 is 24.7. The van der Waals surface area contributed by atoms with Crippen LogP contribution in [0.2, 0.25) is 5.02 Å². The van der Waals surface area contributed by atoms with Crippen LogP contribution in [0.15, 0.2) is 42.5 Å². The third-order valence-electron chi connectivity index (χ3n) is 3.78. The number of carbonyl (C=O) groups is 1. The molecule has 0 saturated carbocycles. The first-order valence-electron chi connectivity index (χ1n) is 7.92. The number of morpholine rings is 1. The van der Waals surface area contributed by atoms with E-state index < -0.39 is 11.7 Å². The van der Waals surface area contributed by atoms with Crippen LogP contribution in [0.3, 0.4) is 0 Å². The average molecular weight is 365 g/mol. The number of ether oxygens (including phenoxy) is 2. The van der Waals surface area contributed by atoms with Gasteiger partial charge in [0, 0.05) is 23.8 Å². The minimum atomic E-state index is -0.489. The predicted molar refractivity (Wildman–Crippen MR) is 95.0 cm³/mol. The van der Waals surface area contributed by atoms with E-state index in [9.17, 15) is 9.18 Å². The molecule has 132 valence electrons. The second kappa shape index (κ2) is 8.18. The molecule has 1 fully saturated rings. The molecule has 1 aliphatic rings. The molecule has 1 amide bonds. The number of benzene rings is 2. The van der Waals surface area contributed by atoms with Gasteiger partial charge >= 0.3 is 0 Å². The Balaban J connectivity index is 1.60. The van der Waals surface area contributed by atoms with Crippen LogP contribution in [0.4, 0.5) is 15.8 Å². The van der Waals surface area contributed by atoms with Crippen molar-refractivity contribution in [2.45, 2.75) is 0 Å². The molecule has 0 atom stereocenters. The summed E-state index contributed by atoms with van der Waals surface area (Å²) in [5, 5.41) is 3.13. The molecule has 1 heterocycles. The molecular formula is C18H18ClFN2O3.